The minimum absolute atomic E-state index is 0.0490. The molecule has 0 bridgehead atoms. The molecule has 6 heteroatoms. The van der Waals surface area contributed by atoms with Gasteiger partial charge in [-0.15, -0.1) is 0 Å². The van der Waals surface area contributed by atoms with E-state index in [1.165, 1.54) is 6.07 Å². The maximum absolute atomic E-state index is 11.6. The Morgan fingerprint density at radius 3 is 2.81 bits per heavy atom. The summed E-state index contributed by atoms with van der Waals surface area (Å²) >= 11 is 5.91. The van der Waals surface area contributed by atoms with Gasteiger partial charge in [-0.25, -0.2) is 4.79 Å². The van der Waals surface area contributed by atoms with Gasteiger partial charge in [0.25, 0.3) is 16.1 Å². The van der Waals surface area contributed by atoms with Gasteiger partial charge in [0, 0.05) is 10.6 Å². The molecule has 1 aliphatic rings. The Balaban J connectivity index is 2.74. The van der Waals surface area contributed by atoms with E-state index in [1.54, 1.807) is 18.2 Å². The Hall–Kier alpha value is -1.42. The first-order valence-corrected chi connectivity index (χ1v) is 6.20. The van der Waals surface area contributed by atoms with Crippen molar-refractivity contribution in [3.63, 3.8) is 0 Å². The number of isocyanates is 1. The van der Waals surface area contributed by atoms with Crippen LogP contribution in [0.25, 0.3) is 5.03 Å². The van der Waals surface area contributed by atoms with Gasteiger partial charge in [0.05, 0.1) is 4.90 Å². The summed E-state index contributed by atoms with van der Waals surface area (Å²) < 4.78 is 26.1. The van der Waals surface area contributed by atoms with E-state index in [0.29, 0.717) is 17.0 Å². The zero-order chi connectivity index (χ0) is 11.8. The molecule has 0 heterocycles. The number of carbonyl (C=O) groups excluding carboxylic acids is 1. The van der Waals surface area contributed by atoms with Gasteiger partial charge in [0.2, 0.25) is 0 Å². The smallest absolute Gasteiger partial charge is 0.210 e. The number of nitrogens with zero attached hydrogens (tertiary/aromatic N) is 1. The Morgan fingerprint density at radius 2 is 2.12 bits per heavy atom. The Kier molecular flexibility index (Phi) is 2.68. The number of halogens is 1. The molecule has 0 unspecified atom stereocenters. The number of hydrogen-bond acceptors (Lipinski definition) is 3. The summed E-state index contributed by atoms with van der Waals surface area (Å²) in [7, 11) is -3.99. The third-order valence-electron chi connectivity index (χ3n) is 2.29. The molecule has 16 heavy (non-hydrogen) atoms. The van der Waals surface area contributed by atoms with Crippen molar-refractivity contribution in [1.82, 2.24) is 0 Å². The van der Waals surface area contributed by atoms with Crippen LogP contribution in [0, 0.1) is 0 Å². The molecular formula is C10H6ClNO3S. The minimum atomic E-state index is -3.99. The first kappa shape index (κ1) is 11.1. The fourth-order valence-corrected chi connectivity index (χ4v) is 2.93. The van der Waals surface area contributed by atoms with E-state index in [9.17, 15) is 13.2 Å². The molecule has 2 rings (SSSR count). The van der Waals surface area contributed by atoms with Crippen molar-refractivity contribution < 1.29 is 13.2 Å². The van der Waals surface area contributed by atoms with Crippen molar-refractivity contribution in [1.29, 1.82) is 0 Å². The molecule has 4 nitrogen and oxygen atoms in total. The van der Waals surface area contributed by atoms with Crippen LogP contribution in [0.2, 0.25) is 0 Å². The van der Waals surface area contributed by atoms with Crippen LogP contribution in [0.15, 0.2) is 33.6 Å². The molecule has 0 amide bonds. The molecule has 0 fully saturated rings. The van der Waals surface area contributed by atoms with Crippen molar-refractivity contribution in [3.8, 4) is 0 Å². The quantitative estimate of drug-likeness (QED) is 0.598. The van der Waals surface area contributed by atoms with Gasteiger partial charge >= 0.3 is 0 Å². The van der Waals surface area contributed by atoms with Crippen molar-refractivity contribution >= 4 is 32.7 Å². The van der Waals surface area contributed by atoms with Crippen LogP contribution in [-0.2, 0) is 21.2 Å². The second kappa shape index (κ2) is 3.87. The van der Waals surface area contributed by atoms with E-state index in [4.69, 9.17) is 11.6 Å². The minimum Gasteiger partial charge on any atom is -0.210 e. The zero-order valence-electron chi connectivity index (χ0n) is 7.97. The van der Waals surface area contributed by atoms with E-state index in [0.717, 1.165) is 11.6 Å². The molecule has 0 spiro atoms. The molecule has 0 radical (unpaired) electrons. The van der Waals surface area contributed by atoms with Gasteiger partial charge in [-0.1, -0.05) is 34.2 Å². The molecule has 1 aromatic carbocycles. The van der Waals surface area contributed by atoms with Gasteiger partial charge in [0.15, 0.2) is 0 Å². The standard InChI is InChI=1S/C10H6ClNO3S/c11-8-5-4-7-2-1-3-9(10(7)8)16(14,15)12-6-13/h1-3,5H,4H2. The van der Waals surface area contributed by atoms with Gasteiger partial charge in [0.1, 0.15) is 0 Å². The lowest BCUT2D eigenvalue weighted by Crippen LogP contribution is -2.01. The lowest BCUT2D eigenvalue weighted by atomic mass is 10.1. The van der Waals surface area contributed by atoms with Crippen molar-refractivity contribution in [3.05, 3.63) is 35.4 Å². The topological polar surface area (TPSA) is 63.6 Å². The van der Waals surface area contributed by atoms with Gasteiger partial charge in [-0.2, -0.15) is 8.42 Å². The van der Waals surface area contributed by atoms with Crippen LogP contribution in [0.1, 0.15) is 11.1 Å². The number of hydrogen-bond donors (Lipinski definition) is 0. The molecule has 0 atom stereocenters. The van der Waals surface area contributed by atoms with Crippen LogP contribution in [0.3, 0.4) is 0 Å². The van der Waals surface area contributed by atoms with E-state index in [-0.39, 0.29) is 4.90 Å². The predicted octanol–water partition coefficient (Wildman–Crippen LogP) is 1.85. The summed E-state index contributed by atoms with van der Waals surface area (Å²) in [4.78, 5) is 10.0. The Bertz CT molecular complexity index is 627. The molecule has 0 aliphatic heterocycles. The third-order valence-corrected chi connectivity index (χ3v) is 3.84. The summed E-state index contributed by atoms with van der Waals surface area (Å²) in [5.74, 6) is 0. The SMILES string of the molecule is O=C=NS(=O)(=O)c1cccc2c1C(Cl)=CC2. The summed E-state index contributed by atoms with van der Waals surface area (Å²) in [6.07, 6.45) is 3.34. The van der Waals surface area contributed by atoms with Crippen molar-refractivity contribution in [2.45, 2.75) is 11.3 Å². The van der Waals surface area contributed by atoms with E-state index >= 15 is 0 Å². The molecule has 1 aromatic rings. The molecule has 82 valence electrons. The lowest BCUT2D eigenvalue weighted by molar-refractivity contribution is 0.563. The third kappa shape index (κ3) is 1.69. The monoisotopic (exact) mass is 255 g/mol. The van der Waals surface area contributed by atoms with Crippen LogP contribution in [0.5, 0.6) is 0 Å². The largest absolute Gasteiger partial charge is 0.293 e. The van der Waals surface area contributed by atoms with E-state index in [2.05, 4.69) is 4.40 Å². The highest BCUT2D eigenvalue weighted by atomic mass is 35.5. The molecule has 0 N–H and O–H groups in total. The Morgan fingerprint density at radius 1 is 1.38 bits per heavy atom. The molecular weight excluding hydrogens is 250 g/mol. The van der Waals surface area contributed by atoms with Crippen LogP contribution >= 0.6 is 11.6 Å². The molecule has 0 aromatic heterocycles. The number of allylic oxidation sites excluding steroid dienone is 1. The Labute approximate surface area is 97.3 Å². The second-order valence-corrected chi connectivity index (χ2v) is 5.18. The fraction of sp³-hybridized carbons (Fsp3) is 0.100. The maximum Gasteiger partial charge on any atom is 0.293 e. The van der Waals surface area contributed by atoms with Crippen LogP contribution in [-0.4, -0.2) is 14.5 Å². The molecule has 1 aliphatic carbocycles. The van der Waals surface area contributed by atoms with Gasteiger partial charge < -0.3 is 0 Å². The summed E-state index contributed by atoms with van der Waals surface area (Å²) in [6.45, 7) is 0. The normalized spacial score (nSPS) is 13.9. The number of rotatable bonds is 2. The van der Waals surface area contributed by atoms with Crippen molar-refractivity contribution in [2.75, 3.05) is 0 Å². The summed E-state index contributed by atoms with van der Waals surface area (Å²) in [6, 6.07) is 4.75. The lowest BCUT2D eigenvalue weighted by Gasteiger charge is -2.05. The van der Waals surface area contributed by atoms with Crippen LogP contribution < -0.4 is 0 Å². The number of benzene rings is 1. The summed E-state index contributed by atoms with van der Waals surface area (Å²) in [5.41, 5.74) is 1.25. The highest BCUT2D eigenvalue weighted by Gasteiger charge is 2.24. The van der Waals surface area contributed by atoms with E-state index in [1.807, 2.05) is 0 Å². The number of fused-ring (bicyclic) bond motifs is 1. The second-order valence-electron chi connectivity index (χ2n) is 3.20. The van der Waals surface area contributed by atoms with Crippen molar-refractivity contribution in [2.24, 2.45) is 4.40 Å². The fourth-order valence-electron chi connectivity index (χ4n) is 1.63. The highest BCUT2D eigenvalue weighted by molar-refractivity contribution is 7.90. The van der Waals surface area contributed by atoms with Gasteiger partial charge in [-0.05, 0) is 18.1 Å². The van der Waals surface area contributed by atoms with Crippen LogP contribution in [0.4, 0.5) is 0 Å². The maximum atomic E-state index is 11.6. The zero-order valence-corrected chi connectivity index (χ0v) is 9.55. The van der Waals surface area contributed by atoms with E-state index < -0.39 is 10.0 Å². The average molecular weight is 256 g/mol. The molecule has 0 saturated heterocycles. The summed E-state index contributed by atoms with van der Waals surface area (Å²) in [5, 5.41) is 0.371. The number of sulfonamides is 1. The van der Waals surface area contributed by atoms with Gasteiger partial charge in [-0.3, -0.25) is 0 Å². The first-order chi connectivity index (χ1) is 7.56. The average Bonchev–Trinajstić information content (AvgIpc) is 2.60. The molecule has 0 saturated carbocycles. The first-order valence-electron chi connectivity index (χ1n) is 4.38. The predicted molar refractivity (Wildman–Crippen MR) is 59.3 cm³/mol. The highest BCUT2D eigenvalue weighted by Crippen LogP contribution is 2.35.